The summed E-state index contributed by atoms with van der Waals surface area (Å²) in [5.41, 5.74) is 3.45. The molecule has 5 heteroatoms. The molecule has 1 heterocycles. The van der Waals surface area contributed by atoms with Gasteiger partial charge in [-0.05, 0) is 60.6 Å². The van der Waals surface area contributed by atoms with Crippen molar-refractivity contribution in [1.29, 1.82) is 5.26 Å². The van der Waals surface area contributed by atoms with E-state index in [9.17, 15) is 15.2 Å². The van der Waals surface area contributed by atoms with Gasteiger partial charge in [0.1, 0.15) is 11.7 Å². The Balaban J connectivity index is 1.76. The maximum Gasteiger partial charge on any atom is 0.159 e. The first-order valence-corrected chi connectivity index (χ1v) is 10.7. The Labute approximate surface area is 181 Å². The van der Waals surface area contributed by atoms with Crippen LogP contribution in [-0.2, 0) is 16.6 Å². The monoisotopic (exact) mass is 409 g/mol. The zero-order valence-corrected chi connectivity index (χ0v) is 17.3. The van der Waals surface area contributed by atoms with E-state index in [4.69, 9.17) is 4.98 Å². The minimum absolute atomic E-state index is 0.0512. The number of carbonyl (C=O) groups is 1. The molecule has 1 fully saturated rings. The molecule has 1 unspecified atom stereocenters. The van der Waals surface area contributed by atoms with Crippen molar-refractivity contribution < 1.29 is 9.90 Å². The molecule has 154 valence electrons. The number of carbonyl (C=O) groups excluding carboxylic acids is 1. The lowest BCUT2D eigenvalue weighted by molar-refractivity contribution is -0.131. The van der Waals surface area contributed by atoms with Crippen LogP contribution in [0.2, 0.25) is 0 Å². The summed E-state index contributed by atoms with van der Waals surface area (Å²) in [5, 5.41) is 19.5. The summed E-state index contributed by atoms with van der Waals surface area (Å²) in [5.74, 6) is 0.0625. The molecule has 31 heavy (non-hydrogen) atoms. The Hall–Kier alpha value is -3.52. The predicted molar refractivity (Wildman–Crippen MR) is 116 cm³/mol. The number of rotatable bonds is 2. The SMILES string of the molecule is C[C@@H]1C(=O)C(C#N)C[C@@]2(c3ccccc3)c3nc(-c4ccc(O)cc4)ncc3CC[C@@H]12. The van der Waals surface area contributed by atoms with Gasteiger partial charge in [-0.15, -0.1) is 0 Å². The molecule has 0 radical (unpaired) electrons. The highest BCUT2D eigenvalue weighted by Crippen LogP contribution is 2.55. The molecule has 0 bridgehead atoms. The van der Waals surface area contributed by atoms with E-state index >= 15 is 0 Å². The van der Waals surface area contributed by atoms with E-state index in [0.29, 0.717) is 12.2 Å². The predicted octanol–water partition coefficient (Wildman–Crippen LogP) is 4.45. The van der Waals surface area contributed by atoms with E-state index in [1.165, 1.54) is 0 Å². The first-order valence-electron chi connectivity index (χ1n) is 10.7. The third-order valence-corrected chi connectivity index (χ3v) is 7.14. The number of aryl methyl sites for hydroxylation is 1. The van der Waals surface area contributed by atoms with Gasteiger partial charge >= 0.3 is 0 Å². The number of hydrogen-bond acceptors (Lipinski definition) is 5. The quantitative estimate of drug-likeness (QED) is 0.676. The summed E-state index contributed by atoms with van der Waals surface area (Å²) in [6, 6.07) is 19.3. The maximum atomic E-state index is 12.9. The third kappa shape index (κ3) is 2.94. The van der Waals surface area contributed by atoms with Crippen molar-refractivity contribution in [3.05, 3.63) is 77.6 Å². The van der Waals surface area contributed by atoms with Gasteiger partial charge in [-0.2, -0.15) is 5.26 Å². The Kier molecular flexibility index (Phi) is 4.59. The second-order valence-electron chi connectivity index (χ2n) is 8.67. The molecule has 2 aliphatic rings. The van der Waals surface area contributed by atoms with Crippen LogP contribution in [0.25, 0.3) is 11.4 Å². The fraction of sp³-hybridized carbons (Fsp3) is 0.308. The first-order chi connectivity index (χ1) is 15.0. The summed E-state index contributed by atoms with van der Waals surface area (Å²) in [7, 11) is 0. The molecule has 5 nitrogen and oxygen atoms in total. The molecular formula is C26H23N3O2. The van der Waals surface area contributed by atoms with Gasteiger partial charge in [0.05, 0.1) is 11.8 Å². The van der Waals surface area contributed by atoms with E-state index in [1.54, 1.807) is 24.3 Å². The van der Waals surface area contributed by atoms with Gasteiger partial charge in [0.15, 0.2) is 11.6 Å². The van der Waals surface area contributed by atoms with E-state index in [0.717, 1.165) is 35.2 Å². The Bertz CT molecular complexity index is 1180. The molecule has 0 amide bonds. The third-order valence-electron chi connectivity index (χ3n) is 7.14. The highest BCUT2D eigenvalue weighted by atomic mass is 16.3. The second kappa shape index (κ2) is 7.31. The minimum atomic E-state index is -0.649. The van der Waals surface area contributed by atoms with Gasteiger partial charge in [-0.3, -0.25) is 4.79 Å². The largest absolute Gasteiger partial charge is 0.508 e. The fourth-order valence-corrected chi connectivity index (χ4v) is 5.64. The number of hydrogen-bond donors (Lipinski definition) is 1. The van der Waals surface area contributed by atoms with Crippen LogP contribution in [0.3, 0.4) is 0 Å². The van der Waals surface area contributed by atoms with Crippen molar-refractivity contribution in [2.75, 3.05) is 0 Å². The number of aromatic nitrogens is 2. The zero-order valence-electron chi connectivity index (χ0n) is 17.3. The average Bonchev–Trinajstić information content (AvgIpc) is 2.82. The molecule has 0 spiro atoms. The van der Waals surface area contributed by atoms with Gasteiger partial charge in [0.25, 0.3) is 0 Å². The Morgan fingerprint density at radius 3 is 2.58 bits per heavy atom. The maximum absolute atomic E-state index is 12.9. The molecular weight excluding hydrogens is 386 g/mol. The number of fused-ring (bicyclic) bond motifs is 3. The van der Waals surface area contributed by atoms with Crippen LogP contribution >= 0.6 is 0 Å². The fourth-order valence-electron chi connectivity index (χ4n) is 5.64. The van der Waals surface area contributed by atoms with E-state index in [-0.39, 0.29) is 23.4 Å². The van der Waals surface area contributed by atoms with Crippen molar-refractivity contribution in [2.45, 2.75) is 31.6 Å². The van der Waals surface area contributed by atoms with Crippen molar-refractivity contribution in [3.63, 3.8) is 0 Å². The molecule has 1 saturated carbocycles. The van der Waals surface area contributed by atoms with E-state index in [2.05, 4.69) is 23.2 Å². The van der Waals surface area contributed by atoms with Gasteiger partial charge < -0.3 is 5.11 Å². The lowest BCUT2D eigenvalue weighted by atomic mass is 9.51. The van der Waals surface area contributed by atoms with Crippen molar-refractivity contribution in [2.24, 2.45) is 17.8 Å². The highest BCUT2D eigenvalue weighted by molar-refractivity contribution is 5.87. The summed E-state index contributed by atoms with van der Waals surface area (Å²) < 4.78 is 0. The molecule has 5 rings (SSSR count). The summed E-state index contributed by atoms with van der Waals surface area (Å²) >= 11 is 0. The summed E-state index contributed by atoms with van der Waals surface area (Å²) in [6.07, 6.45) is 4.03. The molecule has 2 aliphatic carbocycles. The average molecular weight is 409 g/mol. The molecule has 3 aromatic rings. The standard InChI is InChI=1S/C26H23N3O2/c1-16-22-12-9-18-15-28-25(17-7-10-21(30)11-8-17)29-24(18)26(22,13-19(14-27)23(16)31)20-5-3-2-4-6-20/h2-8,10-11,15-16,19,22,30H,9,12-13H2,1H3/t16-,19?,22-,26-/m0/s1. The smallest absolute Gasteiger partial charge is 0.159 e. The van der Waals surface area contributed by atoms with Crippen molar-refractivity contribution >= 4 is 5.78 Å². The molecule has 2 aromatic carbocycles. The number of Topliss-reactive ketones (excluding diaryl/α,β-unsaturated/α-hetero) is 1. The summed E-state index contributed by atoms with van der Waals surface area (Å²) in [6.45, 7) is 1.97. The van der Waals surface area contributed by atoms with Gasteiger partial charge in [-0.1, -0.05) is 37.3 Å². The molecule has 0 saturated heterocycles. The zero-order chi connectivity index (χ0) is 21.6. The normalized spacial score (nSPS) is 27.1. The van der Waals surface area contributed by atoms with Crippen LogP contribution in [0.5, 0.6) is 5.75 Å². The van der Waals surface area contributed by atoms with Crippen LogP contribution in [0.15, 0.2) is 60.8 Å². The van der Waals surface area contributed by atoms with Crippen LogP contribution in [-0.4, -0.2) is 20.9 Å². The van der Waals surface area contributed by atoms with Crippen LogP contribution in [0.4, 0.5) is 0 Å². The van der Waals surface area contributed by atoms with Gasteiger partial charge in [0, 0.05) is 23.1 Å². The topological polar surface area (TPSA) is 86.9 Å². The molecule has 1 aromatic heterocycles. The molecule has 1 N–H and O–H groups in total. The molecule has 4 atom stereocenters. The number of phenols is 1. The molecule has 0 aliphatic heterocycles. The highest BCUT2D eigenvalue weighted by Gasteiger charge is 2.56. The lowest BCUT2D eigenvalue weighted by Gasteiger charge is -2.51. The van der Waals surface area contributed by atoms with Crippen molar-refractivity contribution in [3.8, 4) is 23.2 Å². The van der Waals surface area contributed by atoms with Gasteiger partial charge in [-0.25, -0.2) is 9.97 Å². The van der Waals surface area contributed by atoms with E-state index < -0.39 is 11.3 Å². The Morgan fingerprint density at radius 2 is 1.87 bits per heavy atom. The van der Waals surface area contributed by atoms with Crippen LogP contribution in [0.1, 0.15) is 36.6 Å². The minimum Gasteiger partial charge on any atom is -0.508 e. The van der Waals surface area contributed by atoms with Crippen LogP contribution < -0.4 is 0 Å². The number of phenolic OH excluding ortho intramolecular Hbond substituents is 1. The number of nitrogens with zero attached hydrogens (tertiary/aromatic N) is 3. The second-order valence-corrected chi connectivity index (χ2v) is 8.67. The Morgan fingerprint density at radius 1 is 1.13 bits per heavy atom. The van der Waals surface area contributed by atoms with Crippen LogP contribution in [0, 0.1) is 29.1 Å². The lowest BCUT2D eigenvalue weighted by Crippen LogP contribution is -2.53. The van der Waals surface area contributed by atoms with Gasteiger partial charge in [0.2, 0.25) is 0 Å². The van der Waals surface area contributed by atoms with Crippen molar-refractivity contribution in [1.82, 2.24) is 9.97 Å². The number of aromatic hydroxyl groups is 1. The summed E-state index contributed by atoms with van der Waals surface area (Å²) in [4.78, 5) is 22.6. The first kappa shape index (κ1) is 19.4. The van der Waals surface area contributed by atoms with E-state index in [1.807, 2.05) is 31.3 Å². The number of nitriles is 1. The number of benzene rings is 2. The number of ketones is 1.